The summed E-state index contributed by atoms with van der Waals surface area (Å²) in [6.45, 7) is 4.65. The molecule has 0 bridgehead atoms. The second-order valence-electron chi connectivity index (χ2n) is 6.61. The fourth-order valence-corrected chi connectivity index (χ4v) is 3.49. The van der Waals surface area contributed by atoms with Crippen molar-refractivity contribution < 1.29 is 9.59 Å². The smallest absolute Gasteiger partial charge is 0.254 e. The van der Waals surface area contributed by atoms with E-state index in [1.807, 2.05) is 30.3 Å². The van der Waals surface area contributed by atoms with Crippen molar-refractivity contribution in [3.63, 3.8) is 0 Å². The lowest BCUT2D eigenvalue weighted by Crippen LogP contribution is -2.55. The van der Waals surface area contributed by atoms with Crippen molar-refractivity contribution in [1.82, 2.24) is 15.5 Å². The van der Waals surface area contributed by atoms with Gasteiger partial charge in [-0.3, -0.25) is 9.59 Å². The van der Waals surface area contributed by atoms with Gasteiger partial charge in [0.2, 0.25) is 5.91 Å². The van der Waals surface area contributed by atoms with Gasteiger partial charge in [0.05, 0.1) is 0 Å². The van der Waals surface area contributed by atoms with Crippen molar-refractivity contribution >= 4 is 24.2 Å². The molecule has 0 aromatic heterocycles. The monoisotopic (exact) mass is 351 g/mol. The van der Waals surface area contributed by atoms with Gasteiger partial charge >= 0.3 is 0 Å². The zero-order valence-electron chi connectivity index (χ0n) is 14.0. The van der Waals surface area contributed by atoms with Crippen LogP contribution in [0.3, 0.4) is 0 Å². The number of rotatable bonds is 3. The molecule has 2 aliphatic rings. The zero-order valence-corrected chi connectivity index (χ0v) is 14.8. The van der Waals surface area contributed by atoms with E-state index in [4.69, 9.17) is 0 Å². The zero-order chi connectivity index (χ0) is 16.2. The van der Waals surface area contributed by atoms with Crippen molar-refractivity contribution in [2.75, 3.05) is 19.6 Å². The maximum absolute atomic E-state index is 12.7. The maximum Gasteiger partial charge on any atom is 0.254 e. The number of carbonyl (C=O) groups is 2. The normalized spacial score (nSPS) is 26.5. The van der Waals surface area contributed by atoms with E-state index in [1.54, 1.807) is 4.90 Å². The van der Waals surface area contributed by atoms with Crippen molar-refractivity contribution in [3.8, 4) is 0 Å². The molecule has 2 saturated heterocycles. The van der Waals surface area contributed by atoms with E-state index in [2.05, 4.69) is 17.6 Å². The van der Waals surface area contributed by atoms with E-state index in [0.29, 0.717) is 18.0 Å². The molecule has 0 radical (unpaired) electrons. The predicted molar refractivity (Wildman–Crippen MR) is 96.3 cm³/mol. The van der Waals surface area contributed by atoms with Gasteiger partial charge in [-0.25, -0.2) is 0 Å². The number of benzene rings is 1. The molecule has 5 nitrogen and oxygen atoms in total. The summed E-state index contributed by atoms with van der Waals surface area (Å²) in [7, 11) is 0. The van der Waals surface area contributed by atoms with Gasteiger partial charge < -0.3 is 15.5 Å². The topological polar surface area (TPSA) is 61.4 Å². The molecule has 2 fully saturated rings. The molecule has 2 N–H and O–H groups in total. The fraction of sp³-hybridized carbons (Fsp3) is 0.556. The molecule has 2 heterocycles. The second-order valence-corrected chi connectivity index (χ2v) is 6.61. The Labute approximate surface area is 149 Å². The van der Waals surface area contributed by atoms with Crippen molar-refractivity contribution in [2.45, 2.75) is 38.3 Å². The Morgan fingerprint density at radius 2 is 1.96 bits per heavy atom. The molecular weight excluding hydrogens is 326 g/mol. The molecule has 2 aliphatic heterocycles. The highest BCUT2D eigenvalue weighted by atomic mass is 35.5. The molecule has 3 rings (SSSR count). The summed E-state index contributed by atoms with van der Waals surface area (Å²) in [5.74, 6) is 0.422. The first-order valence-electron chi connectivity index (χ1n) is 8.54. The third-order valence-corrected chi connectivity index (χ3v) is 4.99. The van der Waals surface area contributed by atoms with Crippen LogP contribution in [0.15, 0.2) is 30.3 Å². The van der Waals surface area contributed by atoms with E-state index in [1.165, 1.54) is 0 Å². The molecule has 0 saturated carbocycles. The highest BCUT2D eigenvalue weighted by Gasteiger charge is 2.36. The predicted octanol–water partition coefficient (Wildman–Crippen LogP) is 1.83. The third-order valence-electron chi connectivity index (χ3n) is 4.99. The average molecular weight is 352 g/mol. The van der Waals surface area contributed by atoms with E-state index < -0.39 is 0 Å². The van der Waals surface area contributed by atoms with Crippen LogP contribution in [-0.4, -0.2) is 48.4 Å². The summed E-state index contributed by atoms with van der Waals surface area (Å²) in [6.07, 6.45) is 2.70. The largest absolute Gasteiger partial charge is 0.350 e. The van der Waals surface area contributed by atoms with Crippen molar-refractivity contribution in [3.05, 3.63) is 35.9 Å². The molecular formula is C18H26ClN3O2. The summed E-state index contributed by atoms with van der Waals surface area (Å²) >= 11 is 0. The first kappa shape index (κ1) is 18.7. The number of hydrogen-bond acceptors (Lipinski definition) is 3. The Morgan fingerprint density at radius 1 is 1.21 bits per heavy atom. The molecule has 3 unspecified atom stereocenters. The van der Waals surface area contributed by atoms with E-state index in [-0.39, 0.29) is 36.3 Å². The number of nitrogens with one attached hydrogen (secondary N) is 2. The summed E-state index contributed by atoms with van der Waals surface area (Å²) in [6, 6.07) is 9.04. The van der Waals surface area contributed by atoms with Gasteiger partial charge in [-0.15, -0.1) is 12.4 Å². The number of piperidine rings is 1. The lowest BCUT2D eigenvalue weighted by atomic mass is 9.94. The number of nitrogens with zero attached hydrogens (tertiary/aromatic N) is 1. The van der Waals surface area contributed by atoms with Gasteiger partial charge in [0.25, 0.3) is 5.91 Å². The standard InChI is InChI=1S/C18H25N3O2.ClH/c1-13-9-10-19-12-15(13)20-17(22)16-8-5-11-21(16)18(23)14-6-3-2-4-7-14;/h2-4,6-7,13,15-16,19H,5,8-12H2,1H3,(H,20,22);1H. The highest BCUT2D eigenvalue weighted by molar-refractivity contribution is 5.98. The minimum atomic E-state index is -0.336. The quantitative estimate of drug-likeness (QED) is 0.873. The van der Waals surface area contributed by atoms with Crippen LogP contribution in [0.25, 0.3) is 0 Å². The van der Waals surface area contributed by atoms with E-state index in [9.17, 15) is 9.59 Å². The van der Waals surface area contributed by atoms with Crippen LogP contribution >= 0.6 is 12.4 Å². The Bertz CT molecular complexity index is 567. The van der Waals surface area contributed by atoms with Crippen LogP contribution in [0.2, 0.25) is 0 Å². The summed E-state index contributed by atoms with van der Waals surface area (Å²) in [4.78, 5) is 27.1. The SMILES string of the molecule is CC1CCNCC1NC(=O)C1CCCN1C(=O)c1ccccc1.Cl. The van der Waals surface area contributed by atoms with Crippen LogP contribution < -0.4 is 10.6 Å². The molecule has 0 spiro atoms. The van der Waals surface area contributed by atoms with Gasteiger partial charge in [0, 0.05) is 24.7 Å². The lowest BCUT2D eigenvalue weighted by molar-refractivity contribution is -0.126. The van der Waals surface area contributed by atoms with E-state index >= 15 is 0 Å². The van der Waals surface area contributed by atoms with Crippen molar-refractivity contribution in [2.24, 2.45) is 5.92 Å². The Kier molecular flexibility index (Phi) is 6.63. The van der Waals surface area contributed by atoms with Crippen LogP contribution in [0.5, 0.6) is 0 Å². The number of halogens is 1. The summed E-state index contributed by atoms with van der Waals surface area (Å²) < 4.78 is 0. The van der Waals surface area contributed by atoms with Crippen LogP contribution in [0.4, 0.5) is 0 Å². The van der Waals surface area contributed by atoms with Crippen molar-refractivity contribution in [1.29, 1.82) is 0 Å². The van der Waals surface area contributed by atoms with Gasteiger partial charge in [-0.05, 0) is 43.9 Å². The molecule has 3 atom stereocenters. The Hall–Kier alpha value is -1.59. The fourth-order valence-electron chi connectivity index (χ4n) is 3.49. The van der Waals surface area contributed by atoms with Gasteiger partial charge in [0.15, 0.2) is 0 Å². The average Bonchev–Trinajstić information content (AvgIpc) is 3.07. The molecule has 132 valence electrons. The number of carbonyl (C=O) groups excluding carboxylic acids is 2. The first-order valence-corrected chi connectivity index (χ1v) is 8.54. The molecule has 2 amide bonds. The number of hydrogen-bond donors (Lipinski definition) is 2. The molecule has 0 aliphatic carbocycles. The maximum atomic E-state index is 12.7. The third kappa shape index (κ3) is 4.08. The van der Waals surface area contributed by atoms with E-state index in [0.717, 1.165) is 32.4 Å². The Balaban J connectivity index is 0.00000208. The molecule has 1 aromatic rings. The second kappa shape index (κ2) is 8.49. The summed E-state index contributed by atoms with van der Waals surface area (Å²) in [5, 5.41) is 6.48. The summed E-state index contributed by atoms with van der Waals surface area (Å²) in [5.41, 5.74) is 0.653. The molecule has 1 aromatic carbocycles. The lowest BCUT2D eigenvalue weighted by Gasteiger charge is -2.32. The highest BCUT2D eigenvalue weighted by Crippen LogP contribution is 2.21. The van der Waals surface area contributed by atoms with Crippen LogP contribution in [0, 0.1) is 5.92 Å². The first-order chi connectivity index (χ1) is 11.2. The number of likely N-dealkylation sites (tertiary alicyclic amines) is 1. The molecule has 6 heteroatoms. The number of amides is 2. The Morgan fingerprint density at radius 3 is 2.67 bits per heavy atom. The van der Waals surface area contributed by atoms with Gasteiger partial charge in [0.1, 0.15) is 6.04 Å². The van der Waals surface area contributed by atoms with Gasteiger partial charge in [-0.1, -0.05) is 25.1 Å². The minimum Gasteiger partial charge on any atom is -0.350 e. The van der Waals surface area contributed by atoms with Gasteiger partial charge in [-0.2, -0.15) is 0 Å². The van der Waals surface area contributed by atoms with Crippen LogP contribution in [-0.2, 0) is 4.79 Å². The van der Waals surface area contributed by atoms with Crippen LogP contribution in [0.1, 0.15) is 36.5 Å². The molecule has 24 heavy (non-hydrogen) atoms. The minimum absolute atomic E-state index is 0.